The lowest BCUT2D eigenvalue weighted by Gasteiger charge is -2.20. The van der Waals surface area contributed by atoms with Gasteiger partial charge in [0.15, 0.2) is 11.4 Å². The molecule has 0 radical (unpaired) electrons. The maximum absolute atomic E-state index is 12.4. The fourth-order valence-corrected chi connectivity index (χ4v) is 3.12. The van der Waals surface area contributed by atoms with Crippen LogP contribution in [0.2, 0.25) is 0 Å². The van der Waals surface area contributed by atoms with E-state index < -0.39 is 5.60 Å². The monoisotopic (exact) mass is 334 g/mol. The highest BCUT2D eigenvalue weighted by Gasteiger charge is 2.44. The van der Waals surface area contributed by atoms with Gasteiger partial charge in [-0.05, 0) is 25.3 Å². The number of nitrogens with one attached hydrogen (secondary N) is 1. The van der Waals surface area contributed by atoms with Crippen LogP contribution < -0.4 is 5.32 Å². The van der Waals surface area contributed by atoms with Crippen LogP contribution in [0.25, 0.3) is 0 Å². The van der Waals surface area contributed by atoms with Gasteiger partial charge in [-0.2, -0.15) is 4.98 Å². The second-order valence-corrected chi connectivity index (χ2v) is 6.33. The lowest BCUT2D eigenvalue weighted by Crippen LogP contribution is -2.37. The van der Waals surface area contributed by atoms with Crippen LogP contribution in [0.4, 0.5) is 10.5 Å². The number of nitrogens with zero attached hydrogens (tertiary/aromatic N) is 3. The maximum Gasteiger partial charge on any atom is 0.321 e. The molecule has 0 bridgehead atoms. The third-order valence-electron chi connectivity index (χ3n) is 3.81. The second kappa shape index (κ2) is 6.21. The number of likely N-dealkylation sites (tertiary alicyclic amines) is 1. The Morgan fingerprint density at radius 1 is 1.48 bits per heavy atom. The summed E-state index contributed by atoms with van der Waals surface area (Å²) in [6, 6.07) is 7.35. The van der Waals surface area contributed by atoms with Crippen molar-refractivity contribution in [2.75, 3.05) is 24.7 Å². The summed E-state index contributed by atoms with van der Waals surface area (Å²) in [5.41, 5.74) is -0.522. The molecular weight excluding hydrogens is 316 g/mol. The molecule has 1 atom stereocenters. The predicted octanol–water partition coefficient (Wildman–Crippen LogP) is 2.23. The van der Waals surface area contributed by atoms with Gasteiger partial charge < -0.3 is 19.8 Å². The normalized spacial score (nSPS) is 20.7. The van der Waals surface area contributed by atoms with Crippen LogP contribution in [-0.4, -0.2) is 45.5 Å². The Morgan fingerprint density at radius 2 is 2.26 bits per heavy atom. The van der Waals surface area contributed by atoms with Gasteiger partial charge in [0.2, 0.25) is 0 Å². The molecule has 0 saturated carbocycles. The minimum absolute atomic E-state index is 0.127. The predicted molar refractivity (Wildman–Crippen MR) is 86.4 cm³/mol. The van der Waals surface area contributed by atoms with Crippen molar-refractivity contribution in [3.8, 4) is 0 Å². The largest absolute Gasteiger partial charge is 0.378 e. The van der Waals surface area contributed by atoms with Gasteiger partial charge in [0.25, 0.3) is 5.89 Å². The summed E-state index contributed by atoms with van der Waals surface area (Å²) in [5, 5.41) is 17.2. The molecule has 1 fully saturated rings. The summed E-state index contributed by atoms with van der Waals surface area (Å²) < 4.78 is 5.06. The highest BCUT2D eigenvalue weighted by molar-refractivity contribution is 7.98. The number of benzene rings is 1. The zero-order valence-electron chi connectivity index (χ0n) is 12.9. The Kier molecular flexibility index (Phi) is 4.27. The number of aliphatic hydroxyl groups is 1. The average Bonchev–Trinajstić information content (AvgIpc) is 3.15. The number of aromatic nitrogens is 2. The summed E-state index contributed by atoms with van der Waals surface area (Å²) in [6.07, 6.45) is 2.32. The zero-order chi connectivity index (χ0) is 16.4. The van der Waals surface area contributed by atoms with Crippen molar-refractivity contribution < 1.29 is 14.4 Å². The topological polar surface area (TPSA) is 91.5 Å². The molecule has 0 aliphatic carbocycles. The minimum Gasteiger partial charge on any atom is -0.378 e. The van der Waals surface area contributed by atoms with Crippen molar-refractivity contribution >= 4 is 23.5 Å². The van der Waals surface area contributed by atoms with Gasteiger partial charge in [0.05, 0.1) is 12.2 Å². The number of carbonyl (C=O) groups excluding carboxylic acids is 1. The molecule has 1 aliphatic rings. The van der Waals surface area contributed by atoms with E-state index in [9.17, 15) is 9.90 Å². The van der Waals surface area contributed by atoms with Crippen LogP contribution in [0.3, 0.4) is 0 Å². The lowest BCUT2D eigenvalue weighted by molar-refractivity contribution is 0.0171. The lowest BCUT2D eigenvalue weighted by atomic mass is 10.0. The van der Waals surface area contributed by atoms with Crippen molar-refractivity contribution in [2.24, 2.45) is 0 Å². The molecule has 8 heteroatoms. The third-order valence-corrected chi connectivity index (χ3v) is 4.61. The average molecular weight is 334 g/mol. The number of para-hydroxylation sites is 1. The minimum atomic E-state index is -1.28. The van der Waals surface area contributed by atoms with E-state index in [0.717, 1.165) is 10.6 Å². The first kappa shape index (κ1) is 15.8. The molecule has 1 saturated heterocycles. The number of hydrogen-bond donors (Lipinski definition) is 2. The molecule has 2 N–H and O–H groups in total. The number of amides is 2. The van der Waals surface area contributed by atoms with Gasteiger partial charge >= 0.3 is 6.03 Å². The Morgan fingerprint density at radius 3 is 2.96 bits per heavy atom. The van der Waals surface area contributed by atoms with Crippen molar-refractivity contribution in [1.82, 2.24) is 15.0 Å². The summed E-state index contributed by atoms with van der Waals surface area (Å²) in [6.45, 7) is 2.24. The SMILES string of the molecule is CSc1ccccc1NC(=O)N1CC[C@](O)(c2nc(C)no2)C1. The summed E-state index contributed by atoms with van der Waals surface area (Å²) in [5.74, 6) is 0.625. The molecule has 122 valence electrons. The first-order valence-electron chi connectivity index (χ1n) is 7.24. The first-order chi connectivity index (χ1) is 11.0. The standard InChI is InChI=1S/C15H18N4O3S/c1-10-16-13(22-18-10)15(21)7-8-19(9-15)14(20)17-11-5-3-4-6-12(11)23-2/h3-6,21H,7-9H2,1-2H3,(H,17,20)/t15-/m1/s1. The quantitative estimate of drug-likeness (QED) is 0.836. The van der Waals surface area contributed by atoms with Gasteiger partial charge in [-0.1, -0.05) is 17.3 Å². The van der Waals surface area contributed by atoms with Crippen LogP contribution in [-0.2, 0) is 5.60 Å². The van der Waals surface area contributed by atoms with E-state index in [0.29, 0.717) is 18.8 Å². The number of hydrogen-bond acceptors (Lipinski definition) is 6. The van der Waals surface area contributed by atoms with E-state index in [1.807, 2.05) is 30.5 Å². The molecule has 1 aliphatic heterocycles. The van der Waals surface area contributed by atoms with Crippen molar-refractivity contribution in [3.05, 3.63) is 36.0 Å². The molecule has 0 unspecified atom stereocenters. The molecule has 2 aromatic rings. The number of thioether (sulfide) groups is 1. The summed E-state index contributed by atoms with van der Waals surface area (Å²) in [7, 11) is 0. The van der Waals surface area contributed by atoms with Crippen molar-refractivity contribution in [3.63, 3.8) is 0 Å². The fraction of sp³-hybridized carbons (Fsp3) is 0.400. The van der Waals surface area contributed by atoms with Crippen molar-refractivity contribution in [1.29, 1.82) is 0 Å². The van der Waals surface area contributed by atoms with Crippen LogP contribution in [0.1, 0.15) is 18.1 Å². The molecule has 23 heavy (non-hydrogen) atoms. The van der Waals surface area contributed by atoms with Gasteiger partial charge in [0, 0.05) is 17.9 Å². The molecule has 2 amide bonds. The Balaban J connectivity index is 1.70. The number of carbonyl (C=O) groups is 1. The summed E-state index contributed by atoms with van der Waals surface area (Å²) in [4.78, 5) is 19.1. The van der Waals surface area contributed by atoms with E-state index in [4.69, 9.17) is 4.52 Å². The maximum atomic E-state index is 12.4. The van der Waals surface area contributed by atoms with Gasteiger partial charge in [-0.15, -0.1) is 11.8 Å². The molecule has 3 rings (SSSR count). The van der Waals surface area contributed by atoms with E-state index in [1.54, 1.807) is 23.6 Å². The van der Waals surface area contributed by atoms with Gasteiger partial charge in [-0.3, -0.25) is 0 Å². The number of anilines is 1. The van der Waals surface area contributed by atoms with E-state index in [1.165, 1.54) is 0 Å². The number of rotatable bonds is 3. The zero-order valence-corrected chi connectivity index (χ0v) is 13.8. The van der Waals surface area contributed by atoms with Crippen LogP contribution in [0.15, 0.2) is 33.7 Å². The van der Waals surface area contributed by atoms with E-state index in [2.05, 4.69) is 15.5 Å². The number of β-amino-alcohol motifs (C(OH)–C–C–N with tert-alkyl or cyclic N) is 1. The third kappa shape index (κ3) is 3.18. The highest BCUT2D eigenvalue weighted by atomic mass is 32.2. The van der Waals surface area contributed by atoms with E-state index >= 15 is 0 Å². The van der Waals surface area contributed by atoms with Crippen LogP contribution in [0, 0.1) is 6.92 Å². The molecule has 7 nitrogen and oxygen atoms in total. The number of aryl methyl sites for hydroxylation is 1. The Labute approximate surface area is 138 Å². The Bertz CT molecular complexity index is 720. The molecule has 1 aromatic carbocycles. The summed E-state index contributed by atoms with van der Waals surface area (Å²) >= 11 is 1.56. The van der Waals surface area contributed by atoms with Gasteiger partial charge in [-0.25, -0.2) is 4.79 Å². The van der Waals surface area contributed by atoms with Crippen LogP contribution in [0.5, 0.6) is 0 Å². The fourth-order valence-electron chi connectivity index (χ4n) is 2.57. The smallest absolute Gasteiger partial charge is 0.321 e. The molecule has 0 spiro atoms. The van der Waals surface area contributed by atoms with E-state index in [-0.39, 0.29) is 18.5 Å². The molecule has 1 aromatic heterocycles. The first-order valence-corrected chi connectivity index (χ1v) is 8.46. The Hall–Kier alpha value is -2.06. The van der Waals surface area contributed by atoms with Crippen LogP contribution >= 0.6 is 11.8 Å². The van der Waals surface area contributed by atoms with Gasteiger partial charge in [0.1, 0.15) is 0 Å². The molecule has 2 heterocycles. The number of urea groups is 1. The van der Waals surface area contributed by atoms with Crippen molar-refractivity contribution in [2.45, 2.75) is 23.8 Å². The molecular formula is C15H18N4O3S. The second-order valence-electron chi connectivity index (χ2n) is 5.48. The highest BCUT2D eigenvalue weighted by Crippen LogP contribution is 2.32.